The van der Waals surface area contributed by atoms with Crippen LogP contribution in [0.4, 0.5) is 5.69 Å². The summed E-state index contributed by atoms with van der Waals surface area (Å²) in [5.74, 6) is 0.975. The summed E-state index contributed by atoms with van der Waals surface area (Å²) in [4.78, 5) is 31.1. The molecule has 1 fully saturated rings. The van der Waals surface area contributed by atoms with Crippen molar-refractivity contribution in [3.63, 3.8) is 0 Å². The Hall–Kier alpha value is -2.86. The Kier molecular flexibility index (Phi) is 5.53. The number of likely N-dealkylation sites (tertiary alicyclic amines) is 1. The zero-order valence-electron chi connectivity index (χ0n) is 16.3. The maximum Gasteiger partial charge on any atom is 0.255 e. The first kappa shape index (κ1) is 19.5. The second-order valence-electron chi connectivity index (χ2n) is 7.34. The fraction of sp³-hybridized carbons (Fsp3) is 0.318. The summed E-state index contributed by atoms with van der Waals surface area (Å²) in [5.41, 5.74) is 3.05. The van der Waals surface area contributed by atoms with Gasteiger partial charge in [-0.2, -0.15) is 0 Å². The maximum atomic E-state index is 12.4. The summed E-state index contributed by atoms with van der Waals surface area (Å²) >= 11 is 5.88. The maximum absolute atomic E-state index is 12.4. The monoisotopic (exact) mass is 410 g/mol. The molecular weight excluding hydrogens is 388 g/mol. The van der Waals surface area contributed by atoms with Gasteiger partial charge in [-0.1, -0.05) is 11.6 Å². The van der Waals surface area contributed by atoms with Crippen LogP contribution in [0.2, 0.25) is 5.02 Å². The lowest BCUT2D eigenvalue weighted by Gasteiger charge is -2.26. The second kappa shape index (κ2) is 8.25. The first-order valence-corrected chi connectivity index (χ1v) is 10.2. The number of carbonyl (C=O) groups excluding carboxylic acids is 2. The van der Waals surface area contributed by atoms with Gasteiger partial charge in [0, 0.05) is 49.3 Å². The van der Waals surface area contributed by atoms with Crippen molar-refractivity contribution in [1.82, 2.24) is 14.5 Å². The standard InChI is InChI=1S/C22H23ClN4O2/c1-26-19-10-9-17(24-22(29)15-5-7-16(23)8-6-15)14-18(19)25-20(26)11-13-27-12-3-2-4-21(27)28/h5-10,14H,2-4,11-13H2,1H3,(H,24,29). The normalized spacial score (nSPS) is 14.4. The number of fused-ring (bicyclic) bond motifs is 1. The van der Waals surface area contributed by atoms with Crippen LogP contribution in [0.3, 0.4) is 0 Å². The van der Waals surface area contributed by atoms with Gasteiger partial charge in [0.15, 0.2) is 0 Å². The molecule has 29 heavy (non-hydrogen) atoms. The highest BCUT2D eigenvalue weighted by molar-refractivity contribution is 6.30. The molecule has 0 bridgehead atoms. The number of imidazole rings is 1. The zero-order chi connectivity index (χ0) is 20.4. The Balaban J connectivity index is 1.48. The van der Waals surface area contributed by atoms with Crippen molar-refractivity contribution in [2.45, 2.75) is 25.7 Å². The number of aromatic nitrogens is 2. The molecule has 1 aliphatic rings. The van der Waals surface area contributed by atoms with Gasteiger partial charge in [0.2, 0.25) is 5.91 Å². The number of nitrogens with zero attached hydrogens (tertiary/aromatic N) is 3. The summed E-state index contributed by atoms with van der Waals surface area (Å²) in [6, 6.07) is 12.5. The van der Waals surface area contributed by atoms with Crippen LogP contribution in [0, 0.1) is 0 Å². The van der Waals surface area contributed by atoms with Crippen molar-refractivity contribution in [3.8, 4) is 0 Å². The Morgan fingerprint density at radius 1 is 1.17 bits per heavy atom. The summed E-state index contributed by atoms with van der Waals surface area (Å²) in [6.07, 6.45) is 3.43. The third-order valence-corrected chi connectivity index (χ3v) is 5.62. The highest BCUT2D eigenvalue weighted by Crippen LogP contribution is 2.21. The number of aryl methyl sites for hydroxylation is 1. The van der Waals surface area contributed by atoms with Gasteiger partial charge in [0.1, 0.15) is 5.82 Å². The molecule has 0 unspecified atom stereocenters. The fourth-order valence-electron chi connectivity index (χ4n) is 3.69. The molecule has 2 aromatic carbocycles. The molecule has 0 radical (unpaired) electrons. The quantitative estimate of drug-likeness (QED) is 0.690. The van der Waals surface area contributed by atoms with Crippen molar-refractivity contribution in [2.75, 3.05) is 18.4 Å². The van der Waals surface area contributed by atoms with Crippen LogP contribution < -0.4 is 5.32 Å². The van der Waals surface area contributed by atoms with E-state index < -0.39 is 0 Å². The minimum atomic E-state index is -0.194. The third-order valence-electron chi connectivity index (χ3n) is 5.36. The summed E-state index contributed by atoms with van der Waals surface area (Å²) < 4.78 is 2.05. The van der Waals surface area contributed by atoms with Gasteiger partial charge in [-0.3, -0.25) is 9.59 Å². The van der Waals surface area contributed by atoms with E-state index in [4.69, 9.17) is 16.6 Å². The molecule has 4 rings (SSSR count). The van der Waals surface area contributed by atoms with E-state index in [1.165, 1.54) is 0 Å². The van der Waals surface area contributed by atoms with E-state index in [0.717, 1.165) is 36.2 Å². The molecule has 150 valence electrons. The number of benzene rings is 2. The van der Waals surface area contributed by atoms with E-state index >= 15 is 0 Å². The Bertz CT molecular complexity index is 1060. The van der Waals surface area contributed by atoms with Gasteiger partial charge in [-0.15, -0.1) is 0 Å². The van der Waals surface area contributed by atoms with Crippen LogP contribution in [0.1, 0.15) is 35.4 Å². The third kappa shape index (κ3) is 4.27. The Morgan fingerprint density at radius 3 is 2.72 bits per heavy atom. The summed E-state index contributed by atoms with van der Waals surface area (Å²) in [6.45, 7) is 1.53. The minimum Gasteiger partial charge on any atom is -0.342 e. The number of amides is 2. The van der Waals surface area contributed by atoms with Crippen molar-refractivity contribution in [2.24, 2.45) is 7.05 Å². The van der Waals surface area contributed by atoms with Crippen LogP contribution in [0.5, 0.6) is 0 Å². The van der Waals surface area contributed by atoms with Crippen LogP contribution >= 0.6 is 11.6 Å². The summed E-state index contributed by atoms with van der Waals surface area (Å²) in [5, 5.41) is 3.50. The molecule has 7 heteroatoms. The number of carbonyl (C=O) groups is 2. The first-order valence-electron chi connectivity index (χ1n) is 9.81. The van der Waals surface area contributed by atoms with Gasteiger partial charge in [-0.05, 0) is 55.3 Å². The van der Waals surface area contributed by atoms with Crippen molar-refractivity contribution in [3.05, 3.63) is 58.9 Å². The molecule has 1 aromatic heterocycles. The molecule has 1 aliphatic heterocycles. The summed E-state index contributed by atoms with van der Waals surface area (Å²) in [7, 11) is 1.98. The Morgan fingerprint density at radius 2 is 1.97 bits per heavy atom. The average Bonchev–Trinajstić information content (AvgIpc) is 3.03. The SMILES string of the molecule is Cn1c(CCN2CCCCC2=O)nc2cc(NC(=O)c3ccc(Cl)cc3)ccc21. The zero-order valence-corrected chi connectivity index (χ0v) is 17.1. The number of anilines is 1. The van der Waals surface area contributed by atoms with Gasteiger partial charge >= 0.3 is 0 Å². The van der Waals surface area contributed by atoms with Gasteiger partial charge in [0.25, 0.3) is 5.91 Å². The molecule has 3 aromatic rings. The molecule has 0 aliphatic carbocycles. The molecule has 2 amide bonds. The highest BCUT2D eigenvalue weighted by atomic mass is 35.5. The van der Waals surface area contributed by atoms with Gasteiger partial charge in [0.05, 0.1) is 11.0 Å². The predicted octanol–water partition coefficient (Wildman–Crippen LogP) is 4.03. The minimum absolute atomic E-state index is 0.194. The van der Waals surface area contributed by atoms with Gasteiger partial charge in [-0.25, -0.2) is 4.98 Å². The van der Waals surface area contributed by atoms with Gasteiger partial charge < -0.3 is 14.8 Å². The van der Waals surface area contributed by atoms with E-state index in [0.29, 0.717) is 35.7 Å². The van der Waals surface area contributed by atoms with Crippen molar-refractivity contribution < 1.29 is 9.59 Å². The van der Waals surface area contributed by atoms with Crippen LogP contribution in [-0.2, 0) is 18.3 Å². The first-order chi connectivity index (χ1) is 14.0. The average molecular weight is 411 g/mol. The largest absolute Gasteiger partial charge is 0.342 e. The molecule has 0 atom stereocenters. The lowest BCUT2D eigenvalue weighted by Crippen LogP contribution is -2.36. The number of rotatable bonds is 5. The number of nitrogens with one attached hydrogen (secondary N) is 1. The molecule has 0 saturated carbocycles. The van der Waals surface area contributed by atoms with Crippen molar-refractivity contribution in [1.29, 1.82) is 0 Å². The number of halogens is 1. The molecule has 6 nitrogen and oxygen atoms in total. The van der Waals surface area contributed by atoms with Crippen LogP contribution in [0.15, 0.2) is 42.5 Å². The highest BCUT2D eigenvalue weighted by Gasteiger charge is 2.19. The number of piperidine rings is 1. The van der Waals surface area contributed by atoms with Crippen LogP contribution in [0.25, 0.3) is 11.0 Å². The Labute approximate surface area is 174 Å². The van der Waals surface area contributed by atoms with E-state index in [1.54, 1.807) is 24.3 Å². The van der Waals surface area contributed by atoms with Crippen molar-refractivity contribution >= 4 is 40.1 Å². The predicted molar refractivity (Wildman–Crippen MR) is 114 cm³/mol. The van der Waals surface area contributed by atoms with E-state index in [1.807, 2.05) is 30.1 Å². The molecule has 1 N–H and O–H groups in total. The molecule has 2 heterocycles. The van der Waals surface area contributed by atoms with Crippen LogP contribution in [-0.4, -0.2) is 39.4 Å². The molecular formula is C22H23ClN4O2. The second-order valence-corrected chi connectivity index (χ2v) is 7.78. The van der Waals surface area contributed by atoms with E-state index in [9.17, 15) is 9.59 Å². The van der Waals surface area contributed by atoms with E-state index in [2.05, 4.69) is 9.88 Å². The topological polar surface area (TPSA) is 67.2 Å². The lowest BCUT2D eigenvalue weighted by molar-refractivity contribution is -0.133. The molecule has 1 saturated heterocycles. The van der Waals surface area contributed by atoms with E-state index in [-0.39, 0.29) is 11.8 Å². The smallest absolute Gasteiger partial charge is 0.255 e. The molecule has 0 spiro atoms. The number of hydrogen-bond donors (Lipinski definition) is 1. The fourth-order valence-corrected chi connectivity index (χ4v) is 3.81. The number of hydrogen-bond acceptors (Lipinski definition) is 3. The lowest BCUT2D eigenvalue weighted by atomic mass is 10.1.